The van der Waals surface area contributed by atoms with Crippen LogP contribution in [0.5, 0.6) is 0 Å². The number of carboxylic acid groups (broad SMARTS) is 1. The van der Waals surface area contributed by atoms with E-state index in [-0.39, 0.29) is 12.3 Å². The van der Waals surface area contributed by atoms with E-state index in [0.717, 1.165) is 0 Å². The number of aromatic amines is 1. The van der Waals surface area contributed by atoms with Gasteiger partial charge in [0.25, 0.3) is 0 Å². The first-order valence-electron chi connectivity index (χ1n) is 6.16. The van der Waals surface area contributed by atoms with Crippen molar-refractivity contribution < 1.29 is 14.7 Å². The number of nitrogens with one attached hydrogen (secondary N) is 2. The highest BCUT2D eigenvalue weighted by Crippen LogP contribution is 2.04. The number of carbonyl (C=O) groups excluding carboxylic acids is 1. The molecule has 19 heavy (non-hydrogen) atoms. The minimum Gasteiger partial charge on any atom is -0.480 e. The first-order valence-corrected chi connectivity index (χ1v) is 6.16. The van der Waals surface area contributed by atoms with Crippen LogP contribution in [0.4, 0.5) is 0 Å². The minimum absolute atomic E-state index is 0.148. The van der Waals surface area contributed by atoms with Crippen molar-refractivity contribution in [2.45, 2.75) is 38.8 Å². The van der Waals surface area contributed by atoms with Gasteiger partial charge in [0, 0.05) is 18.3 Å². The van der Waals surface area contributed by atoms with E-state index in [1.807, 2.05) is 13.8 Å². The number of aromatic nitrogens is 2. The van der Waals surface area contributed by atoms with Gasteiger partial charge in [-0.15, -0.1) is 0 Å². The van der Waals surface area contributed by atoms with E-state index in [1.165, 1.54) is 12.5 Å². The highest BCUT2D eigenvalue weighted by atomic mass is 16.4. The van der Waals surface area contributed by atoms with E-state index in [0.29, 0.717) is 12.1 Å². The normalized spacial score (nSPS) is 14.1. The Kier molecular flexibility index (Phi) is 5.50. The molecule has 0 aromatic carbocycles. The Hall–Kier alpha value is -1.89. The lowest BCUT2D eigenvalue weighted by Gasteiger charge is -2.18. The predicted octanol–water partition coefficient (Wildman–Crippen LogP) is -0.105. The average molecular weight is 268 g/mol. The number of carboxylic acids is 1. The number of H-pyrrole nitrogens is 1. The van der Waals surface area contributed by atoms with Crippen LogP contribution in [0.25, 0.3) is 0 Å². The fraction of sp³-hybridized carbons (Fsp3) is 0.583. The summed E-state index contributed by atoms with van der Waals surface area (Å²) < 4.78 is 0. The lowest BCUT2D eigenvalue weighted by Crippen LogP contribution is -2.49. The second-order valence-corrected chi connectivity index (χ2v) is 4.92. The van der Waals surface area contributed by atoms with Gasteiger partial charge in [0.2, 0.25) is 5.91 Å². The number of hydrogen-bond donors (Lipinski definition) is 4. The van der Waals surface area contributed by atoms with Gasteiger partial charge in [-0.3, -0.25) is 4.79 Å². The molecular weight excluding hydrogens is 248 g/mol. The Morgan fingerprint density at radius 3 is 2.68 bits per heavy atom. The van der Waals surface area contributed by atoms with Crippen molar-refractivity contribution in [3.05, 3.63) is 18.2 Å². The van der Waals surface area contributed by atoms with Crippen LogP contribution < -0.4 is 11.1 Å². The van der Waals surface area contributed by atoms with Gasteiger partial charge in [-0.2, -0.15) is 0 Å². The fourth-order valence-corrected chi connectivity index (χ4v) is 1.71. The molecule has 5 N–H and O–H groups in total. The summed E-state index contributed by atoms with van der Waals surface area (Å²) in [6.45, 7) is 3.90. The molecule has 0 aliphatic carbocycles. The summed E-state index contributed by atoms with van der Waals surface area (Å²) in [5.41, 5.74) is 6.36. The zero-order valence-corrected chi connectivity index (χ0v) is 11.1. The Morgan fingerprint density at radius 1 is 1.53 bits per heavy atom. The molecular formula is C12H20N4O3. The summed E-state index contributed by atoms with van der Waals surface area (Å²) in [6.07, 6.45) is 3.65. The standard InChI is InChI=1S/C12H20N4O3/c1-7(2)3-9(13)11(17)16-10(12(18)19)4-8-5-14-6-15-8/h5-7,9-10H,3-4,13H2,1-2H3,(H,14,15)(H,16,17)(H,18,19). The van der Waals surface area contributed by atoms with Crippen molar-refractivity contribution in [3.8, 4) is 0 Å². The van der Waals surface area contributed by atoms with E-state index >= 15 is 0 Å². The van der Waals surface area contributed by atoms with Crippen LogP contribution >= 0.6 is 0 Å². The highest BCUT2D eigenvalue weighted by molar-refractivity contribution is 5.86. The SMILES string of the molecule is CC(C)CC(N)C(=O)NC(Cc1cnc[nH]1)C(=O)O. The van der Waals surface area contributed by atoms with Crippen LogP contribution in [0.15, 0.2) is 12.5 Å². The number of nitrogens with two attached hydrogens (primary N) is 1. The van der Waals surface area contributed by atoms with Gasteiger partial charge in [-0.25, -0.2) is 9.78 Å². The molecule has 7 nitrogen and oxygen atoms in total. The molecule has 1 rings (SSSR count). The van der Waals surface area contributed by atoms with Crippen molar-refractivity contribution in [3.63, 3.8) is 0 Å². The van der Waals surface area contributed by atoms with E-state index < -0.39 is 24.0 Å². The molecule has 106 valence electrons. The van der Waals surface area contributed by atoms with Crippen LogP contribution in [0.1, 0.15) is 26.0 Å². The Morgan fingerprint density at radius 2 is 2.21 bits per heavy atom. The number of amides is 1. The van der Waals surface area contributed by atoms with Crippen LogP contribution in [0.2, 0.25) is 0 Å². The van der Waals surface area contributed by atoms with Gasteiger partial charge in [0.15, 0.2) is 0 Å². The third kappa shape index (κ3) is 5.09. The minimum atomic E-state index is -1.10. The summed E-state index contributed by atoms with van der Waals surface area (Å²) in [6, 6.07) is -1.70. The van der Waals surface area contributed by atoms with Crippen molar-refractivity contribution in [2.75, 3.05) is 0 Å². The van der Waals surface area contributed by atoms with E-state index in [2.05, 4.69) is 15.3 Å². The molecule has 0 saturated carbocycles. The molecule has 1 aromatic heterocycles. The second kappa shape index (κ2) is 6.89. The maximum Gasteiger partial charge on any atom is 0.326 e. The average Bonchev–Trinajstić information content (AvgIpc) is 2.79. The van der Waals surface area contributed by atoms with E-state index in [9.17, 15) is 9.59 Å². The zero-order valence-electron chi connectivity index (χ0n) is 11.1. The summed E-state index contributed by atoms with van der Waals surface area (Å²) in [5.74, 6) is -1.27. The molecule has 1 aromatic rings. The first-order chi connectivity index (χ1) is 8.90. The quantitative estimate of drug-likeness (QED) is 0.550. The molecule has 2 unspecified atom stereocenters. The molecule has 1 heterocycles. The summed E-state index contributed by atoms with van der Waals surface area (Å²) >= 11 is 0. The molecule has 2 atom stereocenters. The Bertz CT molecular complexity index is 417. The van der Waals surface area contributed by atoms with Gasteiger partial charge >= 0.3 is 5.97 Å². The molecule has 0 aliphatic rings. The highest BCUT2D eigenvalue weighted by Gasteiger charge is 2.24. The molecule has 0 saturated heterocycles. The topological polar surface area (TPSA) is 121 Å². The molecule has 0 bridgehead atoms. The summed E-state index contributed by atoms with van der Waals surface area (Å²) in [5, 5.41) is 11.5. The predicted molar refractivity (Wildman–Crippen MR) is 69.3 cm³/mol. The molecule has 0 radical (unpaired) electrons. The number of carbonyl (C=O) groups is 2. The third-order valence-electron chi connectivity index (χ3n) is 2.66. The van der Waals surface area contributed by atoms with Gasteiger partial charge < -0.3 is 21.1 Å². The largest absolute Gasteiger partial charge is 0.480 e. The third-order valence-corrected chi connectivity index (χ3v) is 2.66. The maximum absolute atomic E-state index is 11.8. The fourth-order valence-electron chi connectivity index (χ4n) is 1.71. The maximum atomic E-state index is 11.8. The van der Waals surface area contributed by atoms with Crippen LogP contribution in [0.3, 0.4) is 0 Å². The molecule has 0 spiro atoms. The van der Waals surface area contributed by atoms with Crippen molar-refractivity contribution in [1.29, 1.82) is 0 Å². The van der Waals surface area contributed by atoms with Crippen LogP contribution in [-0.2, 0) is 16.0 Å². The van der Waals surface area contributed by atoms with Crippen molar-refractivity contribution >= 4 is 11.9 Å². The van der Waals surface area contributed by atoms with E-state index in [1.54, 1.807) is 0 Å². The van der Waals surface area contributed by atoms with Crippen molar-refractivity contribution in [2.24, 2.45) is 11.7 Å². The molecule has 1 amide bonds. The van der Waals surface area contributed by atoms with Crippen molar-refractivity contribution in [1.82, 2.24) is 15.3 Å². The van der Waals surface area contributed by atoms with E-state index in [4.69, 9.17) is 10.8 Å². The number of aliphatic carboxylic acids is 1. The Balaban J connectivity index is 2.58. The number of imidazole rings is 1. The lowest BCUT2D eigenvalue weighted by molar-refractivity contribution is -0.142. The summed E-state index contributed by atoms with van der Waals surface area (Å²) in [4.78, 5) is 29.5. The van der Waals surface area contributed by atoms with Gasteiger partial charge in [-0.1, -0.05) is 13.8 Å². The number of hydrogen-bond acceptors (Lipinski definition) is 4. The van der Waals surface area contributed by atoms with Gasteiger partial charge in [0.1, 0.15) is 6.04 Å². The number of rotatable bonds is 7. The molecule has 0 fully saturated rings. The first kappa shape index (κ1) is 15.2. The van der Waals surface area contributed by atoms with Crippen LogP contribution in [-0.4, -0.2) is 39.0 Å². The molecule has 0 aliphatic heterocycles. The Labute approximate surface area is 111 Å². The smallest absolute Gasteiger partial charge is 0.326 e. The zero-order chi connectivity index (χ0) is 14.4. The van der Waals surface area contributed by atoms with Gasteiger partial charge in [-0.05, 0) is 12.3 Å². The van der Waals surface area contributed by atoms with Crippen LogP contribution in [0, 0.1) is 5.92 Å². The second-order valence-electron chi connectivity index (χ2n) is 4.92. The summed E-state index contributed by atoms with van der Waals surface area (Å²) in [7, 11) is 0. The monoisotopic (exact) mass is 268 g/mol. The molecule has 7 heteroatoms. The van der Waals surface area contributed by atoms with Gasteiger partial charge in [0.05, 0.1) is 12.4 Å². The lowest BCUT2D eigenvalue weighted by atomic mass is 10.0. The number of nitrogens with zero attached hydrogens (tertiary/aromatic N) is 1.